The molecule has 9 heteroatoms. The van der Waals surface area contributed by atoms with Crippen molar-refractivity contribution >= 4 is 44.7 Å². The van der Waals surface area contributed by atoms with Crippen molar-refractivity contribution in [2.75, 3.05) is 45.1 Å². The normalized spacial score (nSPS) is 14.4. The lowest BCUT2D eigenvalue weighted by atomic mass is 10.2. The molecule has 36 heavy (non-hydrogen) atoms. The number of anilines is 2. The molecule has 0 atom stereocenters. The average molecular weight is 522 g/mol. The summed E-state index contributed by atoms with van der Waals surface area (Å²) in [6.07, 6.45) is 1.54. The lowest BCUT2D eigenvalue weighted by Crippen LogP contribution is -2.44. The van der Waals surface area contributed by atoms with E-state index in [1.807, 2.05) is 12.1 Å². The summed E-state index contributed by atoms with van der Waals surface area (Å²) < 4.78 is 20.1. The van der Waals surface area contributed by atoms with Gasteiger partial charge in [0.2, 0.25) is 0 Å². The summed E-state index contributed by atoms with van der Waals surface area (Å²) in [6.45, 7) is 5.26. The monoisotopic (exact) mass is 521 g/mol. The van der Waals surface area contributed by atoms with Crippen molar-refractivity contribution in [1.82, 2.24) is 19.8 Å². The van der Waals surface area contributed by atoms with Crippen LogP contribution in [0, 0.1) is 17.7 Å². The zero-order valence-electron chi connectivity index (χ0n) is 19.8. The van der Waals surface area contributed by atoms with Gasteiger partial charge in [-0.25, -0.2) is 14.4 Å². The molecule has 1 N–H and O–H groups in total. The van der Waals surface area contributed by atoms with Gasteiger partial charge < -0.3 is 15.0 Å². The van der Waals surface area contributed by atoms with Crippen molar-refractivity contribution in [3.63, 3.8) is 0 Å². The molecule has 2 aromatic carbocycles. The second-order valence-electron chi connectivity index (χ2n) is 8.62. The number of hydrogen-bond donors (Lipinski definition) is 1. The van der Waals surface area contributed by atoms with Gasteiger partial charge in [0.05, 0.1) is 26.7 Å². The van der Waals surface area contributed by atoms with Crippen LogP contribution in [0.3, 0.4) is 0 Å². The fraction of sp³-hybridized carbons (Fsp3) is 0.259. The van der Waals surface area contributed by atoms with Gasteiger partial charge in [-0.15, -0.1) is 11.3 Å². The van der Waals surface area contributed by atoms with Gasteiger partial charge >= 0.3 is 0 Å². The Bertz CT molecular complexity index is 1420. The molecule has 6 nitrogen and oxygen atoms in total. The van der Waals surface area contributed by atoms with Crippen molar-refractivity contribution in [2.45, 2.75) is 6.61 Å². The van der Waals surface area contributed by atoms with Gasteiger partial charge in [-0.3, -0.25) is 4.90 Å². The van der Waals surface area contributed by atoms with Crippen LogP contribution in [0.15, 0.2) is 54.9 Å². The molecule has 0 aliphatic carbocycles. The summed E-state index contributed by atoms with van der Waals surface area (Å²) in [4.78, 5) is 14.5. The van der Waals surface area contributed by atoms with Crippen molar-refractivity contribution in [3.8, 4) is 17.6 Å². The molecule has 1 saturated heterocycles. The van der Waals surface area contributed by atoms with Crippen molar-refractivity contribution in [2.24, 2.45) is 0 Å². The van der Waals surface area contributed by atoms with Crippen LogP contribution in [0.4, 0.5) is 15.9 Å². The molecule has 1 aliphatic heterocycles. The third-order valence-electron chi connectivity index (χ3n) is 5.90. The third-order valence-corrected chi connectivity index (χ3v) is 7.24. The Balaban J connectivity index is 1.25. The summed E-state index contributed by atoms with van der Waals surface area (Å²) in [5, 5.41) is 3.78. The Labute approximate surface area is 218 Å². The minimum Gasteiger partial charge on any atom is -0.487 e. The maximum atomic E-state index is 13.4. The molecular weight excluding hydrogens is 497 g/mol. The summed E-state index contributed by atoms with van der Waals surface area (Å²) >= 11 is 8.02. The molecule has 3 heterocycles. The molecule has 1 fully saturated rings. The average Bonchev–Trinajstić information content (AvgIpc) is 3.29. The van der Waals surface area contributed by atoms with E-state index in [0.717, 1.165) is 59.1 Å². The predicted octanol–water partition coefficient (Wildman–Crippen LogP) is 5.41. The van der Waals surface area contributed by atoms with E-state index >= 15 is 0 Å². The quantitative estimate of drug-likeness (QED) is 0.343. The lowest BCUT2D eigenvalue weighted by molar-refractivity contribution is 0.168. The van der Waals surface area contributed by atoms with Crippen LogP contribution < -0.4 is 10.1 Å². The summed E-state index contributed by atoms with van der Waals surface area (Å²) in [7, 11) is 2.15. The molecule has 0 saturated carbocycles. The van der Waals surface area contributed by atoms with Crippen LogP contribution in [-0.4, -0.2) is 59.5 Å². The van der Waals surface area contributed by atoms with Crippen LogP contribution in [0.2, 0.25) is 5.02 Å². The smallest absolute Gasteiger partial charge is 0.151 e. The Hall–Kier alpha value is -3.22. The summed E-state index contributed by atoms with van der Waals surface area (Å²) in [5.41, 5.74) is 2.36. The van der Waals surface area contributed by atoms with E-state index in [4.69, 9.17) is 16.3 Å². The highest BCUT2D eigenvalue weighted by atomic mass is 35.5. The highest BCUT2D eigenvalue weighted by Gasteiger charge is 2.13. The van der Waals surface area contributed by atoms with Gasteiger partial charge in [-0.05, 0) is 49.0 Å². The number of thiophene rings is 1. The first-order chi connectivity index (χ1) is 17.5. The molecule has 0 bridgehead atoms. The number of fused-ring (bicyclic) bond motifs is 1. The predicted molar refractivity (Wildman–Crippen MR) is 144 cm³/mol. The van der Waals surface area contributed by atoms with E-state index in [2.05, 4.69) is 44.0 Å². The maximum Gasteiger partial charge on any atom is 0.151 e. The standard InChI is InChI=1S/C27H25ClFN5OS/c1-33-10-12-34(13-11-33)9-3-6-22-16-24-26(36-22)27(31-18-30-24)32-21-7-8-25(23(28)15-21)35-17-19-4-2-5-20(29)14-19/h2,4-5,7-8,14-16,18H,9-13,17H2,1H3,(H,30,31,32). The number of rotatable bonds is 6. The largest absolute Gasteiger partial charge is 0.487 e. The fourth-order valence-electron chi connectivity index (χ4n) is 3.87. The molecule has 0 radical (unpaired) electrons. The van der Waals surface area contributed by atoms with Crippen LogP contribution in [0.25, 0.3) is 10.2 Å². The number of benzene rings is 2. The van der Waals surface area contributed by atoms with Crippen LogP contribution in [0.1, 0.15) is 10.4 Å². The molecular formula is C27H25ClFN5OS. The van der Waals surface area contributed by atoms with E-state index in [9.17, 15) is 4.39 Å². The minimum atomic E-state index is -0.296. The number of nitrogens with zero attached hydrogens (tertiary/aromatic N) is 4. The van der Waals surface area contributed by atoms with E-state index in [1.165, 1.54) is 18.5 Å². The van der Waals surface area contributed by atoms with E-state index < -0.39 is 0 Å². The van der Waals surface area contributed by atoms with Crippen molar-refractivity contribution in [3.05, 3.63) is 76.1 Å². The van der Waals surface area contributed by atoms with Gasteiger partial charge in [0.25, 0.3) is 0 Å². The van der Waals surface area contributed by atoms with Crippen molar-refractivity contribution < 1.29 is 9.13 Å². The molecule has 2 aromatic heterocycles. The Morgan fingerprint density at radius 2 is 1.97 bits per heavy atom. The Morgan fingerprint density at radius 1 is 1.11 bits per heavy atom. The number of halogens is 2. The number of hydrogen-bond acceptors (Lipinski definition) is 7. The molecule has 0 unspecified atom stereocenters. The van der Waals surface area contributed by atoms with Gasteiger partial charge in [-0.1, -0.05) is 35.6 Å². The zero-order chi connectivity index (χ0) is 24.9. The molecule has 1 aliphatic rings. The first-order valence-electron chi connectivity index (χ1n) is 11.6. The highest BCUT2D eigenvalue weighted by Crippen LogP contribution is 2.33. The SMILES string of the molecule is CN1CCN(CC#Cc2cc3ncnc(Nc4ccc(OCc5cccc(F)c5)c(Cl)c4)c3s2)CC1. The zero-order valence-corrected chi connectivity index (χ0v) is 21.4. The number of ether oxygens (including phenoxy) is 1. The minimum absolute atomic E-state index is 0.227. The molecule has 184 valence electrons. The molecule has 0 amide bonds. The van der Waals surface area contributed by atoms with E-state index in [-0.39, 0.29) is 12.4 Å². The molecule has 5 rings (SSSR count). The van der Waals surface area contributed by atoms with E-state index in [0.29, 0.717) is 16.6 Å². The lowest BCUT2D eigenvalue weighted by Gasteiger charge is -2.30. The van der Waals surface area contributed by atoms with Gasteiger partial charge in [0, 0.05) is 31.9 Å². The fourth-order valence-corrected chi connectivity index (χ4v) is 5.04. The molecule has 0 spiro atoms. The van der Waals surface area contributed by atoms with Crippen molar-refractivity contribution in [1.29, 1.82) is 0 Å². The second kappa shape index (κ2) is 11.2. The first-order valence-corrected chi connectivity index (χ1v) is 12.8. The number of aromatic nitrogens is 2. The van der Waals surface area contributed by atoms with Gasteiger partial charge in [0.1, 0.15) is 24.5 Å². The first kappa shape index (κ1) is 24.5. The highest BCUT2D eigenvalue weighted by molar-refractivity contribution is 7.20. The van der Waals surface area contributed by atoms with Gasteiger partial charge in [-0.2, -0.15) is 0 Å². The second-order valence-corrected chi connectivity index (χ2v) is 10.1. The van der Waals surface area contributed by atoms with E-state index in [1.54, 1.807) is 35.6 Å². The third kappa shape index (κ3) is 6.12. The van der Waals surface area contributed by atoms with Gasteiger partial charge in [0.15, 0.2) is 5.82 Å². The number of nitrogens with one attached hydrogen (secondary N) is 1. The Morgan fingerprint density at radius 3 is 2.78 bits per heavy atom. The Kier molecular flexibility index (Phi) is 7.63. The van der Waals surface area contributed by atoms with Crippen LogP contribution in [-0.2, 0) is 6.61 Å². The van der Waals surface area contributed by atoms with Crippen LogP contribution in [0.5, 0.6) is 5.75 Å². The number of piperazine rings is 1. The maximum absolute atomic E-state index is 13.4. The number of likely N-dealkylation sites (N-methyl/N-ethyl adjacent to an activating group) is 1. The summed E-state index contributed by atoms with van der Waals surface area (Å²) in [6, 6.07) is 13.7. The van der Waals surface area contributed by atoms with Crippen LogP contribution >= 0.6 is 22.9 Å². The molecule has 4 aromatic rings. The topological polar surface area (TPSA) is 53.5 Å². The summed E-state index contributed by atoms with van der Waals surface area (Å²) in [5.74, 6) is 7.51.